The van der Waals surface area contributed by atoms with Gasteiger partial charge in [0.25, 0.3) is 5.91 Å². The lowest BCUT2D eigenvalue weighted by molar-refractivity contribution is 0.0938. The van der Waals surface area contributed by atoms with Crippen molar-refractivity contribution in [3.8, 4) is 0 Å². The van der Waals surface area contributed by atoms with Gasteiger partial charge in [-0.1, -0.05) is 0 Å². The van der Waals surface area contributed by atoms with Gasteiger partial charge in [0.2, 0.25) is 0 Å². The Morgan fingerprint density at radius 1 is 1.71 bits per heavy atom. The molecule has 0 bridgehead atoms. The van der Waals surface area contributed by atoms with Gasteiger partial charge in [0, 0.05) is 41.6 Å². The van der Waals surface area contributed by atoms with E-state index < -0.39 is 10.8 Å². The van der Waals surface area contributed by atoms with Crippen LogP contribution in [0.2, 0.25) is 0 Å². The van der Waals surface area contributed by atoms with Crippen LogP contribution in [0.3, 0.4) is 0 Å². The van der Waals surface area contributed by atoms with E-state index in [1.54, 1.807) is 24.1 Å². The molecule has 6 nitrogen and oxygen atoms in total. The molecular weight excluding hydrogens is 240 g/mol. The van der Waals surface area contributed by atoms with Gasteiger partial charge in [0.1, 0.15) is 0 Å². The van der Waals surface area contributed by atoms with Crippen LogP contribution < -0.4 is 11.1 Å². The number of hydrogen-bond donors (Lipinski definition) is 2. The molecule has 17 heavy (non-hydrogen) atoms. The number of nitrogens with zero attached hydrogens (tertiary/aromatic N) is 2. The molecule has 0 aliphatic carbocycles. The lowest BCUT2D eigenvalue weighted by Gasteiger charge is -2.11. The highest BCUT2D eigenvalue weighted by molar-refractivity contribution is 7.84. The number of aryl methyl sites for hydroxylation is 1. The number of amides is 1. The Hall–Kier alpha value is -1.37. The number of nitrogen functional groups attached to an aromatic ring is 1. The number of carbonyl (C=O) groups is 1. The van der Waals surface area contributed by atoms with Gasteiger partial charge in [-0.15, -0.1) is 0 Å². The Morgan fingerprint density at radius 2 is 2.35 bits per heavy atom. The third kappa shape index (κ3) is 3.85. The van der Waals surface area contributed by atoms with E-state index in [2.05, 4.69) is 10.4 Å². The van der Waals surface area contributed by atoms with E-state index in [1.165, 1.54) is 0 Å². The van der Waals surface area contributed by atoms with Gasteiger partial charge in [-0.05, 0) is 13.8 Å². The van der Waals surface area contributed by atoms with Crippen molar-refractivity contribution in [1.82, 2.24) is 15.1 Å². The summed E-state index contributed by atoms with van der Waals surface area (Å²) >= 11 is 0. The van der Waals surface area contributed by atoms with Crippen molar-refractivity contribution in [2.24, 2.45) is 0 Å². The molecule has 0 saturated carbocycles. The van der Waals surface area contributed by atoms with Gasteiger partial charge in [0.05, 0.1) is 5.69 Å². The summed E-state index contributed by atoms with van der Waals surface area (Å²) in [6.07, 6.45) is 3.22. The lowest BCUT2D eigenvalue weighted by atomic mass is 10.3. The van der Waals surface area contributed by atoms with Gasteiger partial charge in [-0.2, -0.15) is 5.10 Å². The molecule has 0 fully saturated rings. The summed E-state index contributed by atoms with van der Waals surface area (Å²) in [5.41, 5.74) is 6.27. The normalized spacial score (nSPS) is 14.3. The van der Waals surface area contributed by atoms with Crippen LogP contribution in [0.5, 0.6) is 0 Å². The van der Waals surface area contributed by atoms with Crippen molar-refractivity contribution in [1.29, 1.82) is 0 Å². The molecule has 1 aromatic rings. The van der Waals surface area contributed by atoms with Gasteiger partial charge in [-0.25, -0.2) is 0 Å². The number of nitrogens with one attached hydrogen (secondary N) is 1. The van der Waals surface area contributed by atoms with Gasteiger partial charge >= 0.3 is 0 Å². The van der Waals surface area contributed by atoms with Crippen LogP contribution in [0.15, 0.2) is 6.20 Å². The molecule has 1 heterocycles. The first-order valence-corrected chi connectivity index (χ1v) is 7.10. The first-order valence-electron chi connectivity index (χ1n) is 5.37. The SMILES string of the molecule is CCn1cc(N)c(C(=O)NC(C)CS(C)=O)n1. The maximum atomic E-state index is 11.8. The van der Waals surface area contributed by atoms with Crippen molar-refractivity contribution in [3.05, 3.63) is 11.9 Å². The fourth-order valence-electron chi connectivity index (χ4n) is 1.46. The minimum absolute atomic E-state index is 0.167. The summed E-state index contributed by atoms with van der Waals surface area (Å²) in [7, 11) is -0.942. The monoisotopic (exact) mass is 258 g/mol. The maximum absolute atomic E-state index is 11.8. The van der Waals surface area contributed by atoms with E-state index >= 15 is 0 Å². The number of hydrogen-bond acceptors (Lipinski definition) is 4. The smallest absolute Gasteiger partial charge is 0.274 e. The molecule has 1 rings (SSSR count). The summed E-state index contributed by atoms with van der Waals surface area (Å²) in [6.45, 7) is 4.37. The van der Waals surface area contributed by atoms with Crippen molar-refractivity contribution >= 4 is 22.4 Å². The van der Waals surface area contributed by atoms with E-state index in [-0.39, 0.29) is 17.6 Å². The summed E-state index contributed by atoms with van der Waals surface area (Å²) in [6, 6.07) is -0.167. The van der Waals surface area contributed by atoms with Crippen molar-refractivity contribution < 1.29 is 9.00 Å². The average molecular weight is 258 g/mol. The highest BCUT2D eigenvalue weighted by Crippen LogP contribution is 2.09. The third-order valence-corrected chi connectivity index (χ3v) is 3.16. The van der Waals surface area contributed by atoms with Gasteiger partial charge in [-0.3, -0.25) is 13.7 Å². The molecule has 7 heteroatoms. The minimum Gasteiger partial charge on any atom is -0.396 e. The average Bonchev–Trinajstić information content (AvgIpc) is 2.58. The molecular formula is C10H18N4O2S. The second-order valence-corrected chi connectivity index (χ2v) is 5.38. The summed E-state index contributed by atoms with van der Waals surface area (Å²) in [4.78, 5) is 11.8. The number of rotatable bonds is 5. The molecule has 1 amide bonds. The molecule has 96 valence electrons. The highest BCUT2D eigenvalue weighted by atomic mass is 32.2. The molecule has 2 unspecified atom stereocenters. The summed E-state index contributed by atoms with van der Waals surface area (Å²) < 4.78 is 12.6. The first kappa shape index (κ1) is 13.7. The Bertz CT molecular complexity index is 430. The summed E-state index contributed by atoms with van der Waals surface area (Å²) in [5.74, 6) is 0.0905. The summed E-state index contributed by atoms with van der Waals surface area (Å²) in [5, 5.41) is 6.78. The first-order chi connectivity index (χ1) is 7.93. The molecule has 0 aromatic carbocycles. The molecule has 0 radical (unpaired) electrons. The van der Waals surface area contributed by atoms with Crippen LogP contribution in [0, 0.1) is 0 Å². The highest BCUT2D eigenvalue weighted by Gasteiger charge is 2.16. The van der Waals surface area contributed by atoms with E-state index in [0.29, 0.717) is 18.0 Å². The largest absolute Gasteiger partial charge is 0.396 e. The van der Waals surface area contributed by atoms with E-state index in [9.17, 15) is 9.00 Å². The number of aromatic nitrogens is 2. The van der Waals surface area contributed by atoms with Crippen molar-refractivity contribution in [3.63, 3.8) is 0 Å². The number of carbonyl (C=O) groups excluding carboxylic acids is 1. The molecule has 1 aromatic heterocycles. The van der Waals surface area contributed by atoms with Crippen molar-refractivity contribution in [2.75, 3.05) is 17.7 Å². The van der Waals surface area contributed by atoms with Crippen LogP contribution >= 0.6 is 0 Å². The van der Waals surface area contributed by atoms with Crippen LogP contribution in [0.25, 0.3) is 0 Å². The topological polar surface area (TPSA) is 90.0 Å². The lowest BCUT2D eigenvalue weighted by Crippen LogP contribution is -2.36. The van der Waals surface area contributed by atoms with Crippen LogP contribution in [-0.4, -0.2) is 37.9 Å². The molecule has 3 N–H and O–H groups in total. The fourth-order valence-corrected chi connectivity index (χ4v) is 2.25. The Labute approximate surface area is 103 Å². The Kier molecular flexibility index (Phi) is 4.68. The minimum atomic E-state index is -0.942. The van der Waals surface area contributed by atoms with E-state index in [0.717, 1.165) is 0 Å². The Balaban J connectivity index is 2.69. The molecule has 2 atom stereocenters. The molecule has 0 saturated heterocycles. The van der Waals surface area contributed by atoms with E-state index in [1.807, 2.05) is 6.92 Å². The maximum Gasteiger partial charge on any atom is 0.274 e. The van der Waals surface area contributed by atoms with Crippen LogP contribution in [0.1, 0.15) is 24.3 Å². The fraction of sp³-hybridized carbons (Fsp3) is 0.600. The number of nitrogens with two attached hydrogens (primary N) is 1. The van der Waals surface area contributed by atoms with Gasteiger partial charge in [0.15, 0.2) is 5.69 Å². The molecule has 0 aliphatic heterocycles. The van der Waals surface area contributed by atoms with Crippen molar-refractivity contribution in [2.45, 2.75) is 26.4 Å². The predicted octanol–water partition coefficient (Wildman–Crippen LogP) is -0.0180. The zero-order valence-corrected chi connectivity index (χ0v) is 11.1. The van der Waals surface area contributed by atoms with Gasteiger partial charge < -0.3 is 11.1 Å². The second kappa shape index (κ2) is 5.81. The number of anilines is 1. The third-order valence-electron chi connectivity index (χ3n) is 2.19. The zero-order valence-electron chi connectivity index (χ0n) is 10.3. The van der Waals surface area contributed by atoms with E-state index in [4.69, 9.17) is 5.73 Å². The standard InChI is InChI=1S/C10H18N4O2S/c1-4-14-5-8(11)9(13-14)10(15)12-7(2)6-17(3)16/h5,7H,4,6,11H2,1-3H3,(H,12,15). The van der Waals surface area contributed by atoms with Crippen LogP contribution in [0.4, 0.5) is 5.69 Å². The molecule has 0 aliphatic rings. The second-order valence-electron chi connectivity index (χ2n) is 3.90. The zero-order chi connectivity index (χ0) is 13.0. The quantitative estimate of drug-likeness (QED) is 0.776. The Morgan fingerprint density at radius 3 is 2.82 bits per heavy atom. The molecule has 0 spiro atoms. The predicted molar refractivity (Wildman–Crippen MR) is 68.2 cm³/mol. The van der Waals surface area contributed by atoms with Crippen LogP contribution in [-0.2, 0) is 17.3 Å².